The number of nitriles is 1. The lowest BCUT2D eigenvalue weighted by molar-refractivity contribution is 0.465. The lowest BCUT2D eigenvalue weighted by Crippen LogP contribution is -2.13. The van der Waals surface area contributed by atoms with Crippen LogP contribution < -0.4 is 0 Å². The SMILES string of the molecule is CC(C)(C#N)CCS(=O)(=O)F. The minimum atomic E-state index is -4.42. The molecule has 5 heteroatoms. The molecule has 0 spiro atoms. The van der Waals surface area contributed by atoms with Crippen molar-refractivity contribution in [3.63, 3.8) is 0 Å². The van der Waals surface area contributed by atoms with Crippen LogP contribution in [-0.4, -0.2) is 14.2 Å². The largest absolute Gasteiger partial charge is 0.302 e. The lowest BCUT2D eigenvalue weighted by Gasteiger charge is -2.11. The summed E-state index contributed by atoms with van der Waals surface area (Å²) in [5.74, 6) is -0.576. The molecular weight excluding hydrogens is 169 g/mol. The van der Waals surface area contributed by atoms with E-state index < -0.39 is 21.4 Å². The second kappa shape index (κ2) is 3.18. The Labute approximate surface area is 66.0 Å². The van der Waals surface area contributed by atoms with E-state index in [0.717, 1.165) is 0 Å². The predicted octanol–water partition coefficient (Wildman–Crippen LogP) is 1.23. The number of nitrogens with zero attached hydrogens (tertiary/aromatic N) is 1. The molecule has 0 radical (unpaired) electrons. The Hall–Kier alpha value is -0.630. The molecule has 0 aliphatic heterocycles. The Bertz CT molecular complexity index is 263. The van der Waals surface area contributed by atoms with E-state index in [-0.39, 0.29) is 6.42 Å². The monoisotopic (exact) mass is 179 g/mol. The fourth-order valence-corrected chi connectivity index (χ4v) is 1.19. The van der Waals surface area contributed by atoms with Crippen LogP contribution in [-0.2, 0) is 10.2 Å². The fourth-order valence-electron chi connectivity index (χ4n) is 0.433. The Kier molecular flexibility index (Phi) is 3.00. The van der Waals surface area contributed by atoms with Crippen molar-refractivity contribution in [3.8, 4) is 6.07 Å². The van der Waals surface area contributed by atoms with Crippen LogP contribution in [0.1, 0.15) is 20.3 Å². The lowest BCUT2D eigenvalue weighted by atomic mass is 9.93. The number of halogens is 1. The maximum atomic E-state index is 11.9. The van der Waals surface area contributed by atoms with Gasteiger partial charge in [0.1, 0.15) is 0 Å². The zero-order valence-corrected chi connectivity index (χ0v) is 7.28. The van der Waals surface area contributed by atoms with Gasteiger partial charge in [-0.25, -0.2) is 0 Å². The van der Waals surface area contributed by atoms with Gasteiger partial charge in [-0.3, -0.25) is 0 Å². The van der Waals surface area contributed by atoms with Crippen LogP contribution in [0, 0.1) is 16.7 Å². The average Bonchev–Trinajstić information content (AvgIpc) is 1.83. The third-order valence-corrected chi connectivity index (χ3v) is 1.97. The smallest absolute Gasteiger partial charge is 0.198 e. The van der Waals surface area contributed by atoms with Gasteiger partial charge in [-0.05, 0) is 20.3 Å². The summed E-state index contributed by atoms with van der Waals surface area (Å²) in [4.78, 5) is 0. The van der Waals surface area contributed by atoms with Gasteiger partial charge in [0.2, 0.25) is 0 Å². The molecule has 64 valence electrons. The quantitative estimate of drug-likeness (QED) is 0.612. The van der Waals surface area contributed by atoms with Gasteiger partial charge in [-0.1, -0.05) is 0 Å². The zero-order chi connectivity index (χ0) is 9.12. The Morgan fingerprint density at radius 2 is 2.00 bits per heavy atom. The number of hydrogen-bond donors (Lipinski definition) is 0. The molecule has 11 heavy (non-hydrogen) atoms. The standard InChI is InChI=1S/C6H10FNO2S/c1-6(2,5-8)3-4-11(7,9)10/h3-4H2,1-2H3. The first-order chi connectivity index (χ1) is 4.77. The van der Waals surface area contributed by atoms with Crippen LogP contribution in [0.3, 0.4) is 0 Å². The highest BCUT2D eigenvalue weighted by Crippen LogP contribution is 2.19. The maximum absolute atomic E-state index is 11.9. The van der Waals surface area contributed by atoms with Crippen molar-refractivity contribution in [2.75, 3.05) is 5.75 Å². The van der Waals surface area contributed by atoms with Crippen LogP contribution in [0.25, 0.3) is 0 Å². The van der Waals surface area contributed by atoms with Crippen LogP contribution in [0.15, 0.2) is 0 Å². The second-order valence-corrected chi connectivity index (χ2v) is 4.47. The summed E-state index contributed by atoms with van der Waals surface area (Å²) in [6.45, 7) is 3.14. The van der Waals surface area contributed by atoms with Crippen molar-refractivity contribution in [3.05, 3.63) is 0 Å². The number of rotatable bonds is 3. The first-order valence-corrected chi connectivity index (χ1v) is 4.66. The molecule has 0 aromatic carbocycles. The minimum absolute atomic E-state index is 0.0301. The molecular formula is C6H10FNO2S. The van der Waals surface area contributed by atoms with E-state index in [9.17, 15) is 12.3 Å². The molecule has 3 nitrogen and oxygen atoms in total. The summed E-state index contributed by atoms with van der Waals surface area (Å²) in [5, 5.41) is 8.42. The summed E-state index contributed by atoms with van der Waals surface area (Å²) < 4.78 is 32.0. The highest BCUT2D eigenvalue weighted by atomic mass is 32.3. The predicted molar refractivity (Wildman–Crippen MR) is 38.9 cm³/mol. The molecule has 0 saturated heterocycles. The first kappa shape index (κ1) is 10.4. The van der Waals surface area contributed by atoms with Gasteiger partial charge < -0.3 is 0 Å². The van der Waals surface area contributed by atoms with E-state index in [1.54, 1.807) is 13.8 Å². The van der Waals surface area contributed by atoms with Crippen LogP contribution in [0.4, 0.5) is 3.89 Å². The van der Waals surface area contributed by atoms with Crippen LogP contribution >= 0.6 is 0 Å². The summed E-state index contributed by atoms with van der Waals surface area (Å²) in [5.41, 5.74) is -0.765. The minimum Gasteiger partial charge on any atom is -0.198 e. The molecule has 0 amide bonds. The van der Waals surface area contributed by atoms with Gasteiger partial charge in [-0.2, -0.15) is 13.7 Å². The highest BCUT2D eigenvalue weighted by Gasteiger charge is 2.20. The topological polar surface area (TPSA) is 57.9 Å². The third kappa shape index (κ3) is 5.80. The van der Waals surface area contributed by atoms with Crippen molar-refractivity contribution in [1.82, 2.24) is 0 Å². The van der Waals surface area contributed by atoms with E-state index in [1.165, 1.54) is 0 Å². The van der Waals surface area contributed by atoms with E-state index in [1.807, 2.05) is 6.07 Å². The molecule has 0 aromatic rings. The Balaban J connectivity index is 4.03. The maximum Gasteiger partial charge on any atom is 0.302 e. The fraction of sp³-hybridized carbons (Fsp3) is 0.833. The first-order valence-electron chi connectivity index (χ1n) is 3.10. The van der Waals surface area contributed by atoms with Crippen molar-refractivity contribution in [1.29, 1.82) is 5.26 Å². The molecule has 0 unspecified atom stereocenters. The third-order valence-electron chi connectivity index (χ3n) is 1.27. The second-order valence-electron chi connectivity index (χ2n) is 2.99. The summed E-state index contributed by atoms with van der Waals surface area (Å²) in [6, 6.07) is 1.88. The Morgan fingerprint density at radius 1 is 1.55 bits per heavy atom. The van der Waals surface area contributed by atoms with Crippen molar-refractivity contribution < 1.29 is 12.3 Å². The van der Waals surface area contributed by atoms with Gasteiger partial charge in [0.05, 0.1) is 17.2 Å². The normalized spacial score (nSPS) is 12.5. The Morgan fingerprint density at radius 3 is 2.27 bits per heavy atom. The van der Waals surface area contributed by atoms with E-state index in [4.69, 9.17) is 5.26 Å². The summed E-state index contributed by atoms with van der Waals surface area (Å²) in [6.07, 6.45) is 0.0301. The summed E-state index contributed by atoms with van der Waals surface area (Å²) in [7, 11) is -4.42. The van der Waals surface area contributed by atoms with Crippen LogP contribution in [0.5, 0.6) is 0 Å². The van der Waals surface area contributed by atoms with Crippen molar-refractivity contribution >= 4 is 10.2 Å². The van der Waals surface area contributed by atoms with Gasteiger partial charge in [0.25, 0.3) is 0 Å². The van der Waals surface area contributed by atoms with Gasteiger partial charge in [0.15, 0.2) is 0 Å². The molecule has 0 saturated carbocycles. The molecule has 0 aliphatic rings. The highest BCUT2D eigenvalue weighted by molar-refractivity contribution is 7.86. The van der Waals surface area contributed by atoms with E-state index >= 15 is 0 Å². The van der Waals surface area contributed by atoms with Gasteiger partial charge in [-0.15, -0.1) is 3.89 Å². The van der Waals surface area contributed by atoms with Crippen LogP contribution in [0.2, 0.25) is 0 Å². The molecule has 0 aliphatic carbocycles. The van der Waals surface area contributed by atoms with E-state index in [0.29, 0.717) is 0 Å². The molecule has 0 N–H and O–H groups in total. The van der Waals surface area contributed by atoms with Gasteiger partial charge >= 0.3 is 10.2 Å². The van der Waals surface area contributed by atoms with Gasteiger partial charge in [0, 0.05) is 0 Å². The van der Waals surface area contributed by atoms with Crippen molar-refractivity contribution in [2.24, 2.45) is 5.41 Å². The average molecular weight is 179 g/mol. The van der Waals surface area contributed by atoms with Crippen molar-refractivity contribution in [2.45, 2.75) is 20.3 Å². The zero-order valence-electron chi connectivity index (χ0n) is 6.46. The molecule has 0 aromatic heterocycles. The molecule has 0 bridgehead atoms. The molecule has 0 heterocycles. The van der Waals surface area contributed by atoms with E-state index in [2.05, 4.69) is 0 Å². The number of hydrogen-bond acceptors (Lipinski definition) is 3. The summed E-state index contributed by atoms with van der Waals surface area (Å²) >= 11 is 0. The molecule has 0 rings (SSSR count). The molecule has 0 atom stereocenters. The molecule has 0 fully saturated rings.